The quantitative estimate of drug-likeness (QED) is 0.781. The molecule has 2 heterocycles. The monoisotopic (exact) mass is 239 g/mol. The van der Waals surface area contributed by atoms with Crippen LogP contribution < -0.4 is 5.73 Å². The van der Waals surface area contributed by atoms with Gasteiger partial charge in [0, 0.05) is 19.6 Å². The van der Waals surface area contributed by atoms with E-state index in [9.17, 15) is 4.79 Å². The van der Waals surface area contributed by atoms with Crippen LogP contribution >= 0.6 is 0 Å². The van der Waals surface area contributed by atoms with Crippen molar-refractivity contribution >= 4 is 5.91 Å². The highest BCUT2D eigenvalue weighted by molar-refractivity contribution is 5.78. The number of piperidine rings is 1. The van der Waals surface area contributed by atoms with Crippen molar-refractivity contribution in [1.82, 2.24) is 9.80 Å². The Kier molecular flexibility index (Phi) is 4.40. The minimum atomic E-state index is 0.314. The van der Waals surface area contributed by atoms with Gasteiger partial charge in [-0.2, -0.15) is 0 Å². The molecule has 0 aliphatic carbocycles. The number of hydrogen-bond donors (Lipinski definition) is 1. The fraction of sp³-hybridized carbons (Fsp3) is 0.923. The number of carbonyl (C=O) groups is 1. The molecule has 2 atom stereocenters. The van der Waals surface area contributed by atoms with E-state index in [-0.39, 0.29) is 0 Å². The van der Waals surface area contributed by atoms with Crippen molar-refractivity contribution in [1.29, 1.82) is 0 Å². The molecule has 2 aliphatic heterocycles. The number of hydrogen-bond acceptors (Lipinski definition) is 3. The third-order valence-corrected chi connectivity index (χ3v) is 4.07. The van der Waals surface area contributed by atoms with Crippen molar-refractivity contribution in [3.8, 4) is 0 Å². The Morgan fingerprint density at radius 2 is 2.12 bits per heavy atom. The second-order valence-electron chi connectivity index (χ2n) is 5.71. The zero-order valence-electron chi connectivity index (χ0n) is 10.9. The van der Waals surface area contributed by atoms with E-state index in [1.54, 1.807) is 0 Å². The number of nitrogens with zero attached hydrogens (tertiary/aromatic N) is 2. The molecule has 2 fully saturated rings. The number of rotatable bonds is 3. The summed E-state index contributed by atoms with van der Waals surface area (Å²) in [4.78, 5) is 16.5. The van der Waals surface area contributed by atoms with E-state index in [0.717, 1.165) is 39.1 Å². The van der Waals surface area contributed by atoms with Crippen LogP contribution in [0, 0.1) is 11.8 Å². The van der Waals surface area contributed by atoms with Gasteiger partial charge in [0.15, 0.2) is 0 Å². The van der Waals surface area contributed by atoms with Gasteiger partial charge in [0.05, 0.1) is 6.54 Å². The van der Waals surface area contributed by atoms with E-state index in [1.165, 1.54) is 12.8 Å². The number of amides is 1. The Balaban J connectivity index is 1.77. The van der Waals surface area contributed by atoms with E-state index in [4.69, 9.17) is 5.73 Å². The van der Waals surface area contributed by atoms with Crippen LogP contribution in [0.2, 0.25) is 0 Å². The van der Waals surface area contributed by atoms with Crippen LogP contribution in [-0.4, -0.2) is 55.0 Å². The lowest BCUT2D eigenvalue weighted by Gasteiger charge is -2.32. The van der Waals surface area contributed by atoms with Gasteiger partial charge in [-0.25, -0.2) is 0 Å². The van der Waals surface area contributed by atoms with Crippen LogP contribution in [0.4, 0.5) is 0 Å². The number of likely N-dealkylation sites (tertiary alicyclic amines) is 2. The highest BCUT2D eigenvalue weighted by Crippen LogP contribution is 2.18. The molecule has 2 unspecified atom stereocenters. The van der Waals surface area contributed by atoms with Crippen molar-refractivity contribution in [2.75, 3.05) is 39.3 Å². The van der Waals surface area contributed by atoms with Gasteiger partial charge >= 0.3 is 0 Å². The predicted octanol–water partition coefficient (Wildman–Crippen LogP) is 0.526. The van der Waals surface area contributed by atoms with Crippen molar-refractivity contribution < 1.29 is 4.79 Å². The maximum Gasteiger partial charge on any atom is 0.236 e. The minimum Gasteiger partial charge on any atom is -0.341 e. The van der Waals surface area contributed by atoms with Gasteiger partial charge in [0.1, 0.15) is 0 Å². The molecule has 2 N–H and O–H groups in total. The maximum atomic E-state index is 12.1. The Bertz CT molecular complexity index is 269. The van der Waals surface area contributed by atoms with Crippen LogP contribution in [0.1, 0.15) is 26.2 Å². The van der Waals surface area contributed by atoms with Gasteiger partial charge in [0.2, 0.25) is 5.91 Å². The van der Waals surface area contributed by atoms with Gasteiger partial charge in [-0.05, 0) is 44.2 Å². The Labute approximate surface area is 104 Å². The van der Waals surface area contributed by atoms with Gasteiger partial charge in [0.25, 0.3) is 0 Å². The van der Waals surface area contributed by atoms with Crippen LogP contribution in [0.15, 0.2) is 0 Å². The van der Waals surface area contributed by atoms with E-state index in [2.05, 4.69) is 11.8 Å². The summed E-state index contributed by atoms with van der Waals surface area (Å²) in [6.45, 7) is 7.54. The Hall–Kier alpha value is -0.610. The van der Waals surface area contributed by atoms with E-state index < -0.39 is 0 Å². The molecule has 98 valence electrons. The summed E-state index contributed by atoms with van der Waals surface area (Å²) in [6, 6.07) is 0. The molecule has 0 aromatic rings. The zero-order chi connectivity index (χ0) is 12.3. The van der Waals surface area contributed by atoms with Crippen LogP contribution in [0.5, 0.6) is 0 Å². The molecule has 17 heavy (non-hydrogen) atoms. The molecule has 2 rings (SSSR count). The maximum absolute atomic E-state index is 12.1. The predicted molar refractivity (Wildman–Crippen MR) is 68.6 cm³/mol. The summed E-state index contributed by atoms with van der Waals surface area (Å²) in [7, 11) is 0. The molecule has 0 spiro atoms. The molecular formula is C13H25N3O. The fourth-order valence-corrected chi connectivity index (χ4v) is 2.96. The van der Waals surface area contributed by atoms with Gasteiger partial charge < -0.3 is 10.6 Å². The van der Waals surface area contributed by atoms with Crippen LogP contribution in [0.25, 0.3) is 0 Å². The summed E-state index contributed by atoms with van der Waals surface area (Å²) >= 11 is 0. The summed E-state index contributed by atoms with van der Waals surface area (Å²) in [5, 5.41) is 0. The standard InChI is InChI=1S/C13H25N3O/c1-11-3-2-5-16(8-11)13(17)10-15-6-4-12(7-14)9-15/h11-12H,2-10,14H2,1H3. The molecular weight excluding hydrogens is 214 g/mol. The highest BCUT2D eigenvalue weighted by atomic mass is 16.2. The molecule has 0 aromatic carbocycles. The molecule has 2 saturated heterocycles. The van der Waals surface area contributed by atoms with E-state index in [0.29, 0.717) is 24.3 Å². The number of nitrogens with two attached hydrogens (primary N) is 1. The van der Waals surface area contributed by atoms with Crippen molar-refractivity contribution in [2.45, 2.75) is 26.2 Å². The molecule has 1 amide bonds. The SMILES string of the molecule is CC1CCCN(C(=O)CN2CCC(CN)C2)C1. The number of carbonyl (C=O) groups excluding carboxylic acids is 1. The summed E-state index contributed by atoms with van der Waals surface area (Å²) in [5.74, 6) is 1.58. The summed E-state index contributed by atoms with van der Waals surface area (Å²) in [5.41, 5.74) is 5.67. The topological polar surface area (TPSA) is 49.6 Å². The molecule has 0 bridgehead atoms. The Morgan fingerprint density at radius 3 is 2.76 bits per heavy atom. The molecule has 4 nitrogen and oxygen atoms in total. The normalized spacial score (nSPS) is 30.8. The smallest absolute Gasteiger partial charge is 0.236 e. The van der Waals surface area contributed by atoms with Gasteiger partial charge in [-0.1, -0.05) is 6.92 Å². The first-order valence-corrected chi connectivity index (χ1v) is 6.89. The Morgan fingerprint density at radius 1 is 1.29 bits per heavy atom. The first-order valence-electron chi connectivity index (χ1n) is 6.89. The first-order chi connectivity index (χ1) is 8.19. The lowest BCUT2D eigenvalue weighted by Crippen LogP contribution is -2.44. The second kappa shape index (κ2) is 5.83. The average molecular weight is 239 g/mol. The van der Waals surface area contributed by atoms with Crippen LogP contribution in [-0.2, 0) is 4.79 Å². The average Bonchev–Trinajstić information content (AvgIpc) is 2.77. The highest BCUT2D eigenvalue weighted by Gasteiger charge is 2.26. The second-order valence-corrected chi connectivity index (χ2v) is 5.71. The van der Waals surface area contributed by atoms with Crippen molar-refractivity contribution in [3.05, 3.63) is 0 Å². The zero-order valence-corrected chi connectivity index (χ0v) is 10.9. The molecule has 4 heteroatoms. The van der Waals surface area contributed by atoms with Gasteiger partial charge in [-0.3, -0.25) is 9.69 Å². The van der Waals surface area contributed by atoms with Gasteiger partial charge in [-0.15, -0.1) is 0 Å². The fourth-order valence-electron chi connectivity index (χ4n) is 2.96. The lowest BCUT2D eigenvalue weighted by atomic mass is 10.0. The lowest BCUT2D eigenvalue weighted by molar-refractivity contribution is -0.133. The van der Waals surface area contributed by atoms with E-state index >= 15 is 0 Å². The largest absolute Gasteiger partial charge is 0.341 e. The minimum absolute atomic E-state index is 0.314. The van der Waals surface area contributed by atoms with Crippen LogP contribution in [0.3, 0.4) is 0 Å². The molecule has 0 radical (unpaired) electrons. The summed E-state index contributed by atoms with van der Waals surface area (Å²) in [6.07, 6.45) is 3.58. The van der Waals surface area contributed by atoms with E-state index in [1.807, 2.05) is 4.90 Å². The summed E-state index contributed by atoms with van der Waals surface area (Å²) < 4.78 is 0. The third-order valence-electron chi connectivity index (χ3n) is 4.07. The van der Waals surface area contributed by atoms with Crippen molar-refractivity contribution in [2.24, 2.45) is 17.6 Å². The van der Waals surface area contributed by atoms with Crippen molar-refractivity contribution in [3.63, 3.8) is 0 Å². The molecule has 2 aliphatic rings. The first kappa shape index (κ1) is 12.8. The molecule has 0 aromatic heterocycles. The third kappa shape index (κ3) is 3.42. The molecule has 0 saturated carbocycles.